The molecule has 0 amide bonds. The Hall–Kier alpha value is -3.00. The Labute approximate surface area is 154 Å². The van der Waals surface area contributed by atoms with E-state index in [4.69, 9.17) is 0 Å². The molecule has 2 heteroatoms. The van der Waals surface area contributed by atoms with Gasteiger partial charge in [0.2, 0.25) is 0 Å². The van der Waals surface area contributed by atoms with Crippen LogP contribution in [0.1, 0.15) is 16.7 Å². The van der Waals surface area contributed by atoms with Gasteiger partial charge in [0.05, 0.1) is 0 Å². The quantitative estimate of drug-likeness (QED) is 0.496. The van der Waals surface area contributed by atoms with Crippen LogP contribution in [0.4, 0.5) is 5.69 Å². The number of H-pyrrole nitrogens is 1. The third-order valence-electron chi connectivity index (χ3n) is 5.49. The second-order valence-corrected chi connectivity index (χ2v) is 7.24. The molecule has 1 aromatic heterocycles. The standard InChI is InChI=1S/C24H22N2/c1-17-7-10-24-22(13-17)23(15-25-24)19-9-8-18-11-12-26(16-20(18)14-19)21-5-3-2-4-6-21/h2-10,13-15,25H,11-12,16H2,1H3. The summed E-state index contributed by atoms with van der Waals surface area (Å²) in [4.78, 5) is 5.90. The Morgan fingerprint density at radius 3 is 2.65 bits per heavy atom. The molecule has 128 valence electrons. The average Bonchev–Trinajstić information content (AvgIpc) is 3.11. The maximum absolute atomic E-state index is 3.42. The largest absolute Gasteiger partial charge is 0.367 e. The number of anilines is 1. The van der Waals surface area contributed by atoms with E-state index in [1.54, 1.807) is 0 Å². The highest BCUT2D eigenvalue weighted by molar-refractivity contribution is 5.96. The van der Waals surface area contributed by atoms with Gasteiger partial charge >= 0.3 is 0 Å². The molecule has 26 heavy (non-hydrogen) atoms. The van der Waals surface area contributed by atoms with Gasteiger partial charge in [0.25, 0.3) is 0 Å². The molecule has 0 saturated carbocycles. The maximum atomic E-state index is 3.42. The summed E-state index contributed by atoms with van der Waals surface area (Å²) in [6.45, 7) is 4.22. The van der Waals surface area contributed by atoms with Crippen molar-refractivity contribution in [2.45, 2.75) is 19.9 Å². The van der Waals surface area contributed by atoms with Crippen LogP contribution in [0.5, 0.6) is 0 Å². The SMILES string of the molecule is Cc1ccc2[nH]cc(-c3ccc4c(c3)CN(c3ccccc3)CC4)c2c1. The average molecular weight is 338 g/mol. The summed E-state index contributed by atoms with van der Waals surface area (Å²) in [5.41, 5.74) is 9.34. The highest BCUT2D eigenvalue weighted by atomic mass is 15.1. The first kappa shape index (κ1) is 15.3. The Bertz CT molecular complexity index is 1080. The first-order valence-corrected chi connectivity index (χ1v) is 9.28. The van der Waals surface area contributed by atoms with Crippen molar-refractivity contribution in [2.75, 3.05) is 11.4 Å². The zero-order valence-corrected chi connectivity index (χ0v) is 15.0. The van der Waals surface area contributed by atoms with Gasteiger partial charge in [-0.1, -0.05) is 42.0 Å². The molecular weight excluding hydrogens is 316 g/mol. The highest BCUT2D eigenvalue weighted by Gasteiger charge is 2.17. The molecule has 0 unspecified atom stereocenters. The minimum atomic E-state index is 0.981. The lowest BCUT2D eigenvalue weighted by atomic mass is 9.94. The van der Waals surface area contributed by atoms with E-state index < -0.39 is 0 Å². The molecule has 2 heterocycles. The molecule has 1 aliphatic heterocycles. The Balaban J connectivity index is 1.54. The van der Waals surface area contributed by atoms with Crippen molar-refractivity contribution >= 4 is 16.6 Å². The van der Waals surface area contributed by atoms with E-state index in [9.17, 15) is 0 Å². The van der Waals surface area contributed by atoms with E-state index in [2.05, 4.69) is 89.7 Å². The summed E-state index contributed by atoms with van der Waals surface area (Å²) in [5.74, 6) is 0. The Morgan fingerprint density at radius 2 is 1.77 bits per heavy atom. The summed E-state index contributed by atoms with van der Waals surface area (Å²) in [6.07, 6.45) is 3.25. The third kappa shape index (κ3) is 2.59. The van der Waals surface area contributed by atoms with E-state index in [1.807, 2.05) is 0 Å². The number of fused-ring (bicyclic) bond motifs is 2. The molecule has 1 aliphatic rings. The van der Waals surface area contributed by atoms with Crippen molar-refractivity contribution in [1.82, 2.24) is 4.98 Å². The minimum absolute atomic E-state index is 0.981. The molecule has 3 aromatic carbocycles. The molecule has 4 aromatic rings. The molecule has 0 atom stereocenters. The van der Waals surface area contributed by atoms with Gasteiger partial charge in [0, 0.05) is 41.4 Å². The lowest BCUT2D eigenvalue weighted by Gasteiger charge is -2.31. The molecule has 0 bridgehead atoms. The van der Waals surface area contributed by atoms with Gasteiger partial charge in [-0.05, 0) is 60.4 Å². The second kappa shape index (κ2) is 6.06. The molecule has 1 N–H and O–H groups in total. The van der Waals surface area contributed by atoms with Crippen LogP contribution in [0.15, 0.2) is 72.9 Å². The van der Waals surface area contributed by atoms with Gasteiger partial charge in [-0.3, -0.25) is 0 Å². The van der Waals surface area contributed by atoms with Crippen molar-refractivity contribution in [3.05, 3.63) is 89.6 Å². The van der Waals surface area contributed by atoms with E-state index in [0.29, 0.717) is 0 Å². The number of para-hydroxylation sites is 1. The Morgan fingerprint density at radius 1 is 0.885 bits per heavy atom. The Kier molecular flexibility index (Phi) is 3.56. The number of aromatic amines is 1. The summed E-state index contributed by atoms with van der Waals surface area (Å²) in [7, 11) is 0. The van der Waals surface area contributed by atoms with E-state index >= 15 is 0 Å². The van der Waals surface area contributed by atoms with Crippen LogP contribution in [-0.4, -0.2) is 11.5 Å². The topological polar surface area (TPSA) is 19.0 Å². The predicted octanol–water partition coefficient (Wildman–Crippen LogP) is 5.71. The van der Waals surface area contributed by atoms with Crippen molar-refractivity contribution in [3.63, 3.8) is 0 Å². The first-order chi connectivity index (χ1) is 12.8. The molecule has 0 aliphatic carbocycles. The fourth-order valence-electron chi connectivity index (χ4n) is 4.06. The summed E-state index contributed by atoms with van der Waals surface area (Å²) in [5, 5.41) is 1.31. The van der Waals surface area contributed by atoms with Crippen LogP contribution < -0.4 is 4.90 Å². The summed E-state index contributed by atoms with van der Waals surface area (Å²) < 4.78 is 0. The molecular formula is C24H22N2. The van der Waals surface area contributed by atoms with Gasteiger partial charge in [-0.2, -0.15) is 0 Å². The molecule has 2 nitrogen and oxygen atoms in total. The molecule has 0 radical (unpaired) electrons. The zero-order chi connectivity index (χ0) is 17.5. The van der Waals surface area contributed by atoms with Crippen molar-refractivity contribution in [3.8, 4) is 11.1 Å². The lowest BCUT2D eigenvalue weighted by Crippen LogP contribution is -2.30. The summed E-state index contributed by atoms with van der Waals surface area (Å²) >= 11 is 0. The minimum Gasteiger partial charge on any atom is -0.367 e. The van der Waals surface area contributed by atoms with Crippen LogP contribution in [-0.2, 0) is 13.0 Å². The number of nitrogens with zero attached hydrogens (tertiary/aromatic N) is 1. The number of hydrogen-bond donors (Lipinski definition) is 1. The van der Waals surface area contributed by atoms with Gasteiger partial charge in [0.1, 0.15) is 0 Å². The highest BCUT2D eigenvalue weighted by Crippen LogP contribution is 2.33. The molecule has 0 spiro atoms. The molecule has 5 rings (SSSR count). The molecule has 0 fully saturated rings. The number of rotatable bonds is 2. The number of hydrogen-bond acceptors (Lipinski definition) is 1. The normalized spacial score (nSPS) is 13.8. The van der Waals surface area contributed by atoms with Crippen molar-refractivity contribution < 1.29 is 0 Å². The van der Waals surface area contributed by atoms with Crippen LogP contribution in [0.2, 0.25) is 0 Å². The maximum Gasteiger partial charge on any atom is 0.0460 e. The number of benzene rings is 3. The van der Waals surface area contributed by atoms with Crippen molar-refractivity contribution in [1.29, 1.82) is 0 Å². The van der Waals surface area contributed by atoms with Crippen LogP contribution >= 0.6 is 0 Å². The number of nitrogens with one attached hydrogen (secondary N) is 1. The van der Waals surface area contributed by atoms with E-state index in [0.717, 1.165) is 19.5 Å². The predicted molar refractivity (Wildman–Crippen MR) is 110 cm³/mol. The van der Waals surface area contributed by atoms with Gasteiger partial charge in [-0.15, -0.1) is 0 Å². The first-order valence-electron chi connectivity index (χ1n) is 9.28. The van der Waals surface area contributed by atoms with Gasteiger partial charge < -0.3 is 9.88 Å². The smallest absolute Gasteiger partial charge is 0.0460 e. The number of aromatic nitrogens is 1. The van der Waals surface area contributed by atoms with Crippen LogP contribution in [0, 0.1) is 6.92 Å². The fourth-order valence-corrected chi connectivity index (χ4v) is 4.06. The van der Waals surface area contributed by atoms with Crippen LogP contribution in [0.3, 0.4) is 0 Å². The van der Waals surface area contributed by atoms with Crippen molar-refractivity contribution in [2.24, 2.45) is 0 Å². The molecule has 0 saturated heterocycles. The monoisotopic (exact) mass is 338 g/mol. The second-order valence-electron chi connectivity index (χ2n) is 7.24. The fraction of sp³-hybridized carbons (Fsp3) is 0.167. The lowest BCUT2D eigenvalue weighted by molar-refractivity contribution is 0.732. The number of aryl methyl sites for hydroxylation is 1. The van der Waals surface area contributed by atoms with Gasteiger partial charge in [0.15, 0.2) is 0 Å². The van der Waals surface area contributed by atoms with Crippen LogP contribution in [0.25, 0.3) is 22.0 Å². The van der Waals surface area contributed by atoms with Gasteiger partial charge in [-0.25, -0.2) is 0 Å². The van der Waals surface area contributed by atoms with E-state index in [-0.39, 0.29) is 0 Å². The summed E-state index contributed by atoms with van der Waals surface area (Å²) in [6, 6.07) is 24.3. The zero-order valence-electron chi connectivity index (χ0n) is 15.0. The third-order valence-corrected chi connectivity index (χ3v) is 5.49. The van der Waals surface area contributed by atoms with E-state index in [1.165, 1.54) is 44.4 Å².